The molecule has 0 aliphatic rings. The van der Waals surface area contributed by atoms with Gasteiger partial charge in [0.05, 0.1) is 40.2 Å². The first kappa shape index (κ1) is 24.1. The number of hydrogen-bond acceptors (Lipinski definition) is 7. The molecule has 0 heterocycles. The van der Waals surface area contributed by atoms with Crippen molar-refractivity contribution in [2.45, 2.75) is 22.3 Å². The first-order valence-electron chi connectivity index (χ1n) is 10.3. The van der Waals surface area contributed by atoms with Crippen LogP contribution in [0.15, 0.2) is 82.6 Å². The van der Waals surface area contributed by atoms with E-state index >= 15 is 0 Å². The van der Waals surface area contributed by atoms with Gasteiger partial charge < -0.3 is 15.2 Å². The quantitative estimate of drug-likeness (QED) is 0.369. The maximum Gasteiger partial charge on any atom is 0.337 e. The van der Waals surface area contributed by atoms with E-state index in [4.69, 9.17) is 5.26 Å². The van der Waals surface area contributed by atoms with Gasteiger partial charge in [-0.2, -0.15) is 5.26 Å². The van der Waals surface area contributed by atoms with Crippen LogP contribution in [0.3, 0.4) is 0 Å². The van der Waals surface area contributed by atoms with E-state index in [9.17, 15) is 18.3 Å². The third-order valence-electron chi connectivity index (χ3n) is 5.15. The lowest BCUT2D eigenvalue weighted by Gasteiger charge is -2.12. The second-order valence-corrected chi connectivity index (χ2v) is 9.32. The lowest BCUT2D eigenvalue weighted by atomic mass is 10.1. The summed E-state index contributed by atoms with van der Waals surface area (Å²) in [6, 6.07) is 21.1. The Hall–Kier alpha value is -3.51. The third-order valence-corrected chi connectivity index (χ3v) is 6.93. The Bertz CT molecular complexity index is 1250. The van der Waals surface area contributed by atoms with Gasteiger partial charge >= 0.3 is 5.97 Å². The highest BCUT2D eigenvalue weighted by molar-refractivity contribution is 7.91. The van der Waals surface area contributed by atoms with Crippen molar-refractivity contribution in [2.24, 2.45) is 0 Å². The second-order valence-electron chi connectivity index (χ2n) is 7.37. The molecule has 0 radical (unpaired) electrons. The smallest absolute Gasteiger partial charge is 0.337 e. The van der Waals surface area contributed by atoms with Crippen molar-refractivity contribution in [3.05, 3.63) is 95.1 Å². The number of carbonyl (C=O) groups is 1. The summed E-state index contributed by atoms with van der Waals surface area (Å²) in [6.45, 7) is 0.930. The first-order valence-corrected chi connectivity index (χ1v) is 11.7. The summed E-state index contributed by atoms with van der Waals surface area (Å²) < 4.78 is 30.3. The number of methoxy groups -OCH3 is 1. The molecule has 0 saturated carbocycles. The Balaban J connectivity index is 1.55. The Morgan fingerprint density at radius 3 is 2.30 bits per heavy atom. The molecule has 33 heavy (non-hydrogen) atoms. The number of aliphatic hydroxyl groups is 1. The summed E-state index contributed by atoms with van der Waals surface area (Å²) >= 11 is 0. The van der Waals surface area contributed by atoms with E-state index < -0.39 is 21.9 Å². The summed E-state index contributed by atoms with van der Waals surface area (Å²) in [4.78, 5) is 11.8. The van der Waals surface area contributed by atoms with Crippen LogP contribution in [-0.4, -0.2) is 39.7 Å². The maximum absolute atomic E-state index is 12.8. The predicted molar refractivity (Wildman–Crippen MR) is 122 cm³/mol. The van der Waals surface area contributed by atoms with E-state index in [2.05, 4.69) is 16.1 Å². The van der Waals surface area contributed by atoms with E-state index in [0.717, 1.165) is 5.56 Å². The van der Waals surface area contributed by atoms with Gasteiger partial charge in [-0.05, 0) is 72.6 Å². The number of nitrogens with one attached hydrogen (secondary N) is 1. The van der Waals surface area contributed by atoms with Gasteiger partial charge in [0, 0.05) is 6.54 Å². The molecule has 0 saturated heterocycles. The molecule has 3 aromatic carbocycles. The molecule has 0 amide bonds. The molecule has 0 bridgehead atoms. The standard InChI is InChI=1S/C25H24N2O5S/c1-32-25(29)20-7-11-23(12-8-20)33(30,31)22-9-5-18(6-10-22)13-14-27-17-24(28)21-4-2-3-19(15-21)16-26/h2-12,15,24,27-28H,13-14,17H2,1H3/t24-/m0/s1. The number of hydrogen-bond donors (Lipinski definition) is 2. The molecule has 170 valence electrons. The van der Waals surface area contributed by atoms with Crippen molar-refractivity contribution in [3.63, 3.8) is 0 Å². The average molecular weight is 465 g/mol. The van der Waals surface area contributed by atoms with Gasteiger partial charge in [-0.1, -0.05) is 24.3 Å². The number of benzene rings is 3. The minimum atomic E-state index is -3.70. The number of carbonyl (C=O) groups excluding carboxylic acids is 1. The Morgan fingerprint density at radius 2 is 1.70 bits per heavy atom. The van der Waals surface area contributed by atoms with Crippen LogP contribution >= 0.6 is 0 Å². The van der Waals surface area contributed by atoms with Gasteiger partial charge in [-0.25, -0.2) is 13.2 Å². The molecule has 0 aliphatic carbocycles. The highest BCUT2D eigenvalue weighted by atomic mass is 32.2. The van der Waals surface area contributed by atoms with Crippen LogP contribution < -0.4 is 5.32 Å². The normalized spacial score (nSPS) is 12.0. The largest absolute Gasteiger partial charge is 0.465 e. The molecule has 0 aromatic heterocycles. The summed E-state index contributed by atoms with van der Waals surface area (Å²) in [7, 11) is -2.44. The van der Waals surface area contributed by atoms with Gasteiger partial charge in [0.1, 0.15) is 0 Å². The zero-order valence-corrected chi connectivity index (χ0v) is 18.9. The predicted octanol–water partition coefficient (Wildman–Crippen LogP) is 3.04. The minimum absolute atomic E-state index is 0.0963. The van der Waals surface area contributed by atoms with Gasteiger partial charge in [0.2, 0.25) is 9.84 Å². The number of nitrogens with zero attached hydrogens (tertiary/aromatic N) is 1. The number of ether oxygens (including phenoxy) is 1. The number of nitriles is 1. The molecule has 3 aromatic rings. The van der Waals surface area contributed by atoms with Crippen molar-refractivity contribution in [1.82, 2.24) is 5.32 Å². The Kier molecular flexibility index (Phi) is 7.96. The molecular weight excluding hydrogens is 440 g/mol. The molecule has 7 nitrogen and oxygen atoms in total. The summed E-state index contributed by atoms with van der Waals surface area (Å²) in [5.74, 6) is -0.528. The van der Waals surface area contributed by atoms with Crippen LogP contribution in [0.2, 0.25) is 0 Å². The first-order chi connectivity index (χ1) is 15.8. The summed E-state index contributed by atoms with van der Waals surface area (Å²) in [5, 5.41) is 22.4. The van der Waals surface area contributed by atoms with E-state index in [0.29, 0.717) is 30.6 Å². The SMILES string of the molecule is COC(=O)c1ccc(S(=O)(=O)c2ccc(CCNC[C@H](O)c3cccc(C#N)c3)cc2)cc1. The number of esters is 1. The van der Waals surface area contributed by atoms with Crippen LogP contribution in [0.25, 0.3) is 0 Å². The van der Waals surface area contributed by atoms with Crippen LogP contribution in [-0.2, 0) is 21.0 Å². The topological polar surface area (TPSA) is 116 Å². The molecule has 2 N–H and O–H groups in total. The average Bonchev–Trinajstić information content (AvgIpc) is 2.86. The number of sulfone groups is 1. The van der Waals surface area contributed by atoms with Crippen molar-refractivity contribution < 1.29 is 23.1 Å². The van der Waals surface area contributed by atoms with Gasteiger partial charge in [0.25, 0.3) is 0 Å². The van der Waals surface area contributed by atoms with Crippen molar-refractivity contribution in [2.75, 3.05) is 20.2 Å². The fourth-order valence-corrected chi connectivity index (χ4v) is 4.53. The highest BCUT2D eigenvalue weighted by Gasteiger charge is 2.18. The van der Waals surface area contributed by atoms with E-state index in [1.165, 1.54) is 31.4 Å². The monoisotopic (exact) mass is 464 g/mol. The fourth-order valence-electron chi connectivity index (χ4n) is 3.26. The molecule has 0 spiro atoms. The van der Waals surface area contributed by atoms with Crippen LogP contribution in [0.1, 0.15) is 33.2 Å². The molecule has 0 fully saturated rings. The Morgan fingerprint density at radius 1 is 1.06 bits per heavy atom. The fraction of sp³-hybridized carbons (Fsp3) is 0.200. The summed E-state index contributed by atoms with van der Waals surface area (Å²) in [6.07, 6.45) is -0.0737. The molecular formula is C25H24N2O5S. The lowest BCUT2D eigenvalue weighted by molar-refractivity contribution is 0.0600. The van der Waals surface area contributed by atoms with Crippen molar-refractivity contribution in [1.29, 1.82) is 5.26 Å². The second kappa shape index (κ2) is 10.9. The summed E-state index contributed by atoms with van der Waals surface area (Å²) in [5.41, 5.74) is 2.40. The van der Waals surface area contributed by atoms with Crippen LogP contribution in [0.5, 0.6) is 0 Å². The van der Waals surface area contributed by atoms with Gasteiger partial charge in [0.15, 0.2) is 0 Å². The van der Waals surface area contributed by atoms with E-state index in [-0.39, 0.29) is 15.4 Å². The minimum Gasteiger partial charge on any atom is -0.465 e. The van der Waals surface area contributed by atoms with E-state index in [1.54, 1.807) is 48.5 Å². The zero-order chi connectivity index (χ0) is 23.8. The van der Waals surface area contributed by atoms with Crippen LogP contribution in [0.4, 0.5) is 0 Å². The lowest BCUT2D eigenvalue weighted by Crippen LogP contribution is -2.23. The zero-order valence-electron chi connectivity index (χ0n) is 18.1. The van der Waals surface area contributed by atoms with E-state index in [1.807, 2.05) is 0 Å². The molecule has 3 rings (SSSR count). The molecule has 0 aliphatic heterocycles. The Labute approximate surface area is 193 Å². The third kappa shape index (κ3) is 6.05. The van der Waals surface area contributed by atoms with Crippen LogP contribution in [0, 0.1) is 11.3 Å². The highest BCUT2D eigenvalue weighted by Crippen LogP contribution is 2.22. The number of rotatable bonds is 9. The maximum atomic E-state index is 12.8. The van der Waals surface area contributed by atoms with Gasteiger partial charge in [-0.3, -0.25) is 0 Å². The molecule has 0 unspecified atom stereocenters. The molecule has 1 atom stereocenters. The number of aliphatic hydroxyl groups excluding tert-OH is 1. The van der Waals surface area contributed by atoms with Crippen molar-refractivity contribution in [3.8, 4) is 6.07 Å². The van der Waals surface area contributed by atoms with Crippen molar-refractivity contribution >= 4 is 15.8 Å². The molecule has 8 heteroatoms. The van der Waals surface area contributed by atoms with Gasteiger partial charge in [-0.15, -0.1) is 0 Å².